The lowest BCUT2D eigenvalue weighted by atomic mass is 10.1. The minimum atomic E-state index is -0.225. The zero-order valence-electron chi connectivity index (χ0n) is 18.2. The third-order valence-corrected chi connectivity index (χ3v) is 5.58. The van der Waals surface area contributed by atoms with Crippen molar-refractivity contribution in [2.45, 2.75) is 13.3 Å². The van der Waals surface area contributed by atoms with E-state index in [1.807, 2.05) is 26.1 Å². The Bertz CT molecular complexity index is 710. The third kappa shape index (κ3) is 6.05. The van der Waals surface area contributed by atoms with E-state index in [-0.39, 0.29) is 30.1 Å². The first-order valence-electron chi connectivity index (χ1n) is 10.4. The number of nitrogens with zero attached hydrogens (tertiary/aromatic N) is 4. The number of benzene rings is 1. The third-order valence-electron chi connectivity index (χ3n) is 5.58. The van der Waals surface area contributed by atoms with Crippen LogP contribution in [0, 0.1) is 5.92 Å². The van der Waals surface area contributed by atoms with Gasteiger partial charge in [-0.3, -0.25) is 4.99 Å². The van der Waals surface area contributed by atoms with Crippen molar-refractivity contribution >= 4 is 41.7 Å². The normalized spacial score (nSPS) is 19.4. The number of ether oxygens (including phenoxy) is 2. The molecule has 168 valence electrons. The maximum atomic E-state index is 11.9. The predicted octanol–water partition coefficient (Wildman–Crippen LogP) is 2.49. The number of guanidine groups is 1. The SMILES string of the molecule is CCOC(=O)N1CCN(C(=NC)NCC2CCN(c3ccccc3OC)C2)CC1.I. The van der Waals surface area contributed by atoms with E-state index in [4.69, 9.17) is 9.47 Å². The predicted molar refractivity (Wildman–Crippen MR) is 130 cm³/mol. The van der Waals surface area contributed by atoms with Gasteiger partial charge in [0.1, 0.15) is 5.75 Å². The fourth-order valence-electron chi connectivity index (χ4n) is 3.99. The largest absolute Gasteiger partial charge is 0.495 e. The molecule has 0 radical (unpaired) electrons. The standard InChI is InChI=1S/C21H33N5O3.HI/c1-4-29-21(27)25-13-11-24(12-14-25)20(22-2)23-15-17-9-10-26(16-17)18-7-5-6-8-19(18)28-3;/h5-8,17H,4,9-16H2,1-3H3,(H,22,23);1H. The van der Waals surface area contributed by atoms with Crippen molar-refractivity contribution in [1.29, 1.82) is 0 Å². The maximum absolute atomic E-state index is 11.9. The topological polar surface area (TPSA) is 69.6 Å². The van der Waals surface area contributed by atoms with Crippen LogP contribution >= 0.6 is 24.0 Å². The Morgan fingerprint density at radius 3 is 2.53 bits per heavy atom. The van der Waals surface area contributed by atoms with Gasteiger partial charge in [0.15, 0.2) is 5.96 Å². The molecule has 9 heteroatoms. The Morgan fingerprint density at radius 2 is 1.87 bits per heavy atom. The smallest absolute Gasteiger partial charge is 0.409 e. The number of para-hydroxylation sites is 2. The van der Waals surface area contributed by atoms with Crippen LogP contribution in [0.25, 0.3) is 0 Å². The Balaban J connectivity index is 0.00000320. The van der Waals surface area contributed by atoms with Crippen LogP contribution in [0.15, 0.2) is 29.3 Å². The molecule has 1 unspecified atom stereocenters. The summed E-state index contributed by atoms with van der Waals surface area (Å²) in [5, 5.41) is 3.53. The van der Waals surface area contributed by atoms with Crippen LogP contribution in [0.1, 0.15) is 13.3 Å². The maximum Gasteiger partial charge on any atom is 0.409 e. The van der Waals surface area contributed by atoms with E-state index in [2.05, 4.69) is 32.2 Å². The van der Waals surface area contributed by atoms with E-state index >= 15 is 0 Å². The number of carbonyl (C=O) groups is 1. The highest BCUT2D eigenvalue weighted by Gasteiger charge is 2.27. The van der Waals surface area contributed by atoms with Crippen LogP contribution < -0.4 is 15.0 Å². The highest BCUT2D eigenvalue weighted by atomic mass is 127. The van der Waals surface area contributed by atoms with Crippen molar-refractivity contribution in [3.8, 4) is 5.75 Å². The summed E-state index contributed by atoms with van der Waals surface area (Å²) in [5.41, 5.74) is 1.16. The molecule has 0 aromatic heterocycles. The van der Waals surface area contributed by atoms with Gasteiger partial charge in [-0.15, -0.1) is 24.0 Å². The number of carbonyl (C=O) groups excluding carboxylic acids is 1. The molecular weight excluding hydrogens is 497 g/mol. The number of piperazine rings is 1. The molecule has 1 amide bonds. The van der Waals surface area contributed by atoms with Gasteiger partial charge in [-0.1, -0.05) is 12.1 Å². The average molecular weight is 531 g/mol. The number of hydrogen-bond donors (Lipinski definition) is 1. The van der Waals surface area contributed by atoms with Crippen molar-refractivity contribution in [2.24, 2.45) is 10.9 Å². The molecule has 0 bridgehead atoms. The summed E-state index contributed by atoms with van der Waals surface area (Å²) < 4.78 is 10.6. The van der Waals surface area contributed by atoms with Crippen molar-refractivity contribution in [3.63, 3.8) is 0 Å². The van der Waals surface area contributed by atoms with Gasteiger partial charge in [-0.05, 0) is 31.4 Å². The summed E-state index contributed by atoms with van der Waals surface area (Å²) in [4.78, 5) is 22.7. The van der Waals surface area contributed by atoms with Gasteiger partial charge < -0.3 is 29.5 Å². The summed E-state index contributed by atoms with van der Waals surface area (Å²) in [7, 11) is 3.54. The molecule has 1 aromatic rings. The number of rotatable bonds is 5. The zero-order chi connectivity index (χ0) is 20.6. The number of amides is 1. The van der Waals surface area contributed by atoms with E-state index in [1.54, 1.807) is 12.0 Å². The van der Waals surface area contributed by atoms with E-state index in [9.17, 15) is 4.79 Å². The van der Waals surface area contributed by atoms with Gasteiger partial charge in [0, 0.05) is 52.9 Å². The fraction of sp³-hybridized carbons (Fsp3) is 0.619. The minimum Gasteiger partial charge on any atom is -0.495 e. The van der Waals surface area contributed by atoms with Crippen LogP contribution in [0.4, 0.5) is 10.5 Å². The molecule has 0 aliphatic carbocycles. The second-order valence-corrected chi connectivity index (χ2v) is 7.37. The Morgan fingerprint density at radius 1 is 1.17 bits per heavy atom. The van der Waals surface area contributed by atoms with Crippen LogP contribution in [0.3, 0.4) is 0 Å². The number of halogens is 1. The van der Waals surface area contributed by atoms with Crippen molar-refractivity contribution in [3.05, 3.63) is 24.3 Å². The molecule has 0 spiro atoms. The second kappa shape index (κ2) is 12.1. The number of nitrogens with one attached hydrogen (secondary N) is 1. The zero-order valence-corrected chi connectivity index (χ0v) is 20.5. The van der Waals surface area contributed by atoms with Gasteiger partial charge in [0.25, 0.3) is 0 Å². The lowest BCUT2D eigenvalue weighted by Gasteiger charge is -2.36. The first-order chi connectivity index (χ1) is 14.2. The number of aliphatic imine (C=N–C) groups is 1. The van der Waals surface area contributed by atoms with Crippen LogP contribution in [-0.4, -0.2) is 88.4 Å². The van der Waals surface area contributed by atoms with E-state index in [0.29, 0.717) is 25.6 Å². The quantitative estimate of drug-likeness (QED) is 0.358. The van der Waals surface area contributed by atoms with Gasteiger partial charge in [-0.2, -0.15) is 0 Å². The molecule has 8 nitrogen and oxygen atoms in total. The molecule has 2 saturated heterocycles. The molecule has 0 saturated carbocycles. The molecule has 2 aliphatic rings. The van der Waals surface area contributed by atoms with E-state index < -0.39 is 0 Å². The minimum absolute atomic E-state index is 0. The van der Waals surface area contributed by atoms with E-state index in [1.165, 1.54) is 0 Å². The molecule has 30 heavy (non-hydrogen) atoms. The lowest BCUT2D eigenvalue weighted by molar-refractivity contribution is 0.0914. The van der Waals surface area contributed by atoms with Crippen LogP contribution in [-0.2, 0) is 4.74 Å². The highest BCUT2D eigenvalue weighted by Crippen LogP contribution is 2.31. The van der Waals surface area contributed by atoms with Gasteiger partial charge in [0.05, 0.1) is 19.4 Å². The number of hydrogen-bond acceptors (Lipinski definition) is 5. The second-order valence-electron chi connectivity index (χ2n) is 7.37. The molecule has 2 aliphatic heterocycles. The summed E-state index contributed by atoms with van der Waals surface area (Å²) in [6, 6.07) is 8.19. The molecule has 2 heterocycles. The van der Waals surface area contributed by atoms with Crippen molar-refractivity contribution < 1.29 is 14.3 Å². The van der Waals surface area contributed by atoms with E-state index in [0.717, 1.165) is 56.5 Å². The van der Waals surface area contributed by atoms with Crippen LogP contribution in [0.2, 0.25) is 0 Å². The number of methoxy groups -OCH3 is 1. The average Bonchev–Trinajstić information content (AvgIpc) is 3.23. The van der Waals surface area contributed by atoms with Crippen molar-refractivity contribution in [1.82, 2.24) is 15.1 Å². The molecule has 1 atom stereocenters. The Hall–Kier alpha value is -1.91. The molecule has 1 N–H and O–H groups in total. The van der Waals surface area contributed by atoms with Gasteiger partial charge in [-0.25, -0.2) is 4.79 Å². The molecular formula is C21H34IN5O3. The lowest BCUT2D eigenvalue weighted by Crippen LogP contribution is -2.54. The summed E-state index contributed by atoms with van der Waals surface area (Å²) >= 11 is 0. The first-order valence-corrected chi connectivity index (χ1v) is 10.4. The fourth-order valence-corrected chi connectivity index (χ4v) is 3.99. The van der Waals surface area contributed by atoms with Crippen molar-refractivity contribution in [2.75, 3.05) is 71.5 Å². The summed E-state index contributed by atoms with van der Waals surface area (Å²) in [6.45, 7) is 8.00. The molecule has 2 fully saturated rings. The summed E-state index contributed by atoms with van der Waals surface area (Å²) in [5.74, 6) is 2.39. The molecule has 3 rings (SSSR count). The number of anilines is 1. The van der Waals surface area contributed by atoms with Gasteiger partial charge >= 0.3 is 6.09 Å². The Kier molecular flexibility index (Phi) is 9.80. The highest BCUT2D eigenvalue weighted by molar-refractivity contribution is 14.0. The van der Waals surface area contributed by atoms with Crippen LogP contribution in [0.5, 0.6) is 5.75 Å². The first kappa shape index (κ1) is 24.4. The monoisotopic (exact) mass is 531 g/mol. The Labute approximate surface area is 196 Å². The summed E-state index contributed by atoms with van der Waals surface area (Å²) in [6.07, 6.45) is 0.913. The molecule has 1 aromatic carbocycles. The van der Waals surface area contributed by atoms with Gasteiger partial charge in [0.2, 0.25) is 0 Å².